The quantitative estimate of drug-likeness (QED) is 0.512. The van der Waals surface area contributed by atoms with Crippen molar-refractivity contribution in [1.82, 2.24) is 9.80 Å². The number of thiocarbonyl (C=S) groups is 1. The molecule has 3 rings (SSSR count). The summed E-state index contributed by atoms with van der Waals surface area (Å²) >= 11 is 5.35. The highest BCUT2D eigenvalue weighted by Gasteiger charge is 2.31. The molecule has 10 heteroatoms. The van der Waals surface area contributed by atoms with Crippen LogP contribution < -0.4 is 5.32 Å². The maximum atomic E-state index is 12.6. The van der Waals surface area contributed by atoms with Gasteiger partial charge in [0.1, 0.15) is 0 Å². The fraction of sp³-hybridized carbons (Fsp3) is 0.350. The summed E-state index contributed by atoms with van der Waals surface area (Å²) in [5.74, 6) is 0. The fourth-order valence-corrected chi connectivity index (χ4v) is 3.41. The van der Waals surface area contributed by atoms with Crippen molar-refractivity contribution >= 4 is 23.0 Å². The van der Waals surface area contributed by atoms with E-state index in [1.807, 2.05) is 4.90 Å². The molecule has 1 aliphatic rings. The predicted molar refractivity (Wildman–Crippen MR) is 106 cm³/mol. The summed E-state index contributed by atoms with van der Waals surface area (Å²) < 4.78 is 75.8. The van der Waals surface area contributed by atoms with Gasteiger partial charge >= 0.3 is 12.4 Å². The van der Waals surface area contributed by atoms with Crippen LogP contribution in [0.3, 0.4) is 0 Å². The first-order valence-corrected chi connectivity index (χ1v) is 9.55. The zero-order chi connectivity index (χ0) is 21.9. The molecule has 1 fully saturated rings. The van der Waals surface area contributed by atoms with Crippen LogP contribution in [-0.2, 0) is 18.9 Å². The molecular weight excluding hydrogens is 428 g/mol. The van der Waals surface area contributed by atoms with Crippen molar-refractivity contribution in [1.29, 1.82) is 0 Å². The second-order valence-corrected chi connectivity index (χ2v) is 7.35. The third kappa shape index (κ3) is 5.85. The number of hydrogen-bond acceptors (Lipinski definition) is 2. The van der Waals surface area contributed by atoms with Crippen molar-refractivity contribution in [3.8, 4) is 0 Å². The lowest BCUT2D eigenvalue weighted by atomic mass is 10.1. The molecule has 0 spiro atoms. The van der Waals surface area contributed by atoms with Crippen LogP contribution in [0.4, 0.5) is 32.0 Å². The van der Waals surface area contributed by atoms with E-state index in [4.69, 9.17) is 12.2 Å². The molecular formula is C20H19F6N3S. The molecule has 1 N–H and O–H groups in total. The molecule has 3 nitrogen and oxygen atoms in total. The van der Waals surface area contributed by atoms with Gasteiger partial charge in [0.05, 0.1) is 11.1 Å². The summed E-state index contributed by atoms with van der Waals surface area (Å²) in [6.45, 7) is 3.07. The number of rotatable bonds is 3. The highest BCUT2D eigenvalue weighted by atomic mass is 32.1. The van der Waals surface area contributed by atoms with Gasteiger partial charge in [-0.3, -0.25) is 4.90 Å². The summed E-state index contributed by atoms with van der Waals surface area (Å²) in [6, 6.07) is 9.76. The van der Waals surface area contributed by atoms with Gasteiger partial charge in [0, 0.05) is 38.4 Å². The molecule has 0 aliphatic carbocycles. The van der Waals surface area contributed by atoms with E-state index in [0.29, 0.717) is 43.5 Å². The van der Waals surface area contributed by atoms with Gasteiger partial charge in [-0.15, -0.1) is 0 Å². The van der Waals surface area contributed by atoms with Crippen LogP contribution in [0.5, 0.6) is 0 Å². The van der Waals surface area contributed by atoms with E-state index in [0.717, 1.165) is 29.8 Å². The lowest BCUT2D eigenvalue weighted by molar-refractivity contribution is -0.138. The third-order valence-corrected chi connectivity index (χ3v) is 5.17. The molecule has 0 aromatic heterocycles. The molecule has 1 saturated heterocycles. The molecule has 0 bridgehead atoms. The highest BCUT2D eigenvalue weighted by molar-refractivity contribution is 7.80. The fourth-order valence-electron chi connectivity index (χ4n) is 3.11. The minimum absolute atomic E-state index is 0.420. The molecule has 0 radical (unpaired) electrons. The number of alkyl halides is 6. The Hall–Kier alpha value is -2.33. The topological polar surface area (TPSA) is 18.5 Å². The van der Waals surface area contributed by atoms with Crippen molar-refractivity contribution in [2.45, 2.75) is 18.9 Å². The Labute approximate surface area is 175 Å². The molecule has 1 aliphatic heterocycles. The van der Waals surface area contributed by atoms with Crippen molar-refractivity contribution in [2.75, 3.05) is 31.5 Å². The first-order chi connectivity index (χ1) is 14.0. The maximum absolute atomic E-state index is 12.6. The van der Waals surface area contributed by atoms with Gasteiger partial charge in [-0.05, 0) is 54.2 Å². The molecule has 1 heterocycles. The van der Waals surface area contributed by atoms with Gasteiger partial charge in [0.2, 0.25) is 0 Å². The average Bonchev–Trinajstić information content (AvgIpc) is 2.68. The summed E-state index contributed by atoms with van der Waals surface area (Å²) in [6.07, 6.45) is -8.73. The van der Waals surface area contributed by atoms with Gasteiger partial charge < -0.3 is 10.2 Å². The van der Waals surface area contributed by atoms with Gasteiger partial charge in [0.15, 0.2) is 5.11 Å². The first-order valence-electron chi connectivity index (χ1n) is 9.14. The van der Waals surface area contributed by atoms with Gasteiger partial charge in [-0.25, -0.2) is 0 Å². The number of nitrogens with zero attached hydrogens (tertiary/aromatic N) is 2. The van der Waals surface area contributed by atoms with Crippen molar-refractivity contribution in [3.05, 3.63) is 65.2 Å². The number of anilines is 1. The van der Waals surface area contributed by atoms with Crippen LogP contribution in [0.15, 0.2) is 48.5 Å². The van der Waals surface area contributed by atoms with Gasteiger partial charge in [-0.2, -0.15) is 26.3 Å². The maximum Gasteiger partial charge on any atom is 0.416 e. The number of piperazine rings is 1. The van der Waals surface area contributed by atoms with Crippen molar-refractivity contribution in [3.63, 3.8) is 0 Å². The Kier molecular flexibility index (Phi) is 6.56. The standard InChI is InChI=1S/C20H19F6N3S/c21-19(22,23)15-3-1-14(2-4-15)13-28-9-11-29(12-10-28)18(30)27-17-7-5-16(6-8-17)20(24,25)26/h1-8H,9-13H2,(H,27,30). The monoisotopic (exact) mass is 447 g/mol. The summed E-state index contributed by atoms with van der Waals surface area (Å²) in [5.41, 5.74) is -0.131. The van der Waals surface area contributed by atoms with Crippen LogP contribution in [0.1, 0.15) is 16.7 Å². The molecule has 0 unspecified atom stereocenters. The van der Waals surface area contributed by atoms with E-state index >= 15 is 0 Å². The average molecular weight is 447 g/mol. The number of benzene rings is 2. The third-order valence-electron chi connectivity index (χ3n) is 4.81. The molecule has 0 amide bonds. The minimum Gasteiger partial charge on any atom is -0.346 e. The van der Waals surface area contributed by atoms with E-state index < -0.39 is 23.5 Å². The highest BCUT2D eigenvalue weighted by Crippen LogP contribution is 2.30. The molecule has 2 aromatic rings. The van der Waals surface area contributed by atoms with Crippen molar-refractivity contribution < 1.29 is 26.3 Å². The SMILES string of the molecule is FC(F)(F)c1ccc(CN2CCN(C(=S)Nc3ccc(C(F)(F)F)cc3)CC2)cc1. The Balaban J connectivity index is 1.48. The number of nitrogens with one attached hydrogen (secondary N) is 1. The van der Waals surface area contributed by atoms with E-state index in [9.17, 15) is 26.3 Å². The van der Waals surface area contributed by atoms with Crippen LogP contribution in [0.25, 0.3) is 0 Å². The molecule has 2 aromatic carbocycles. The largest absolute Gasteiger partial charge is 0.416 e. The summed E-state index contributed by atoms with van der Waals surface area (Å²) in [7, 11) is 0. The van der Waals surface area contributed by atoms with Crippen LogP contribution in [0.2, 0.25) is 0 Å². The van der Waals surface area contributed by atoms with E-state index in [1.54, 1.807) is 0 Å². The van der Waals surface area contributed by atoms with Crippen molar-refractivity contribution in [2.24, 2.45) is 0 Å². The predicted octanol–water partition coefficient (Wildman–Crippen LogP) is 5.24. The second-order valence-electron chi connectivity index (χ2n) is 6.96. The second kappa shape index (κ2) is 8.81. The first kappa shape index (κ1) is 22.4. The van der Waals surface area contributed by atoms with E-state index in [-0.39, 0.29) is 0 Å². The normalized spacial score (nSPS) is 15.9. The lowest BCUT2D eigenvalue weighted by Crippen LogP contribution is -2.49. The lowest BCUT2D eigenvalue weighted by Gasteiger charge is -2.36. The van der Waals surface area contributed by atoms with Crippen LogP contribution >= 0.6 is 12.2 Å². The van der Waals surface area contributed by atoms with E-state index in [1.165, 1.54) is 24.3 Å². The number of hydrogen-bond donors (Lipinski definition) is 1. The Morgan fingerprint density at radius 2 is 1.23 bits per heavy atom. The van der Waals surface area contributed by atoms with Crippen LogP contribution in [0, 0.1) is 0 Å². The number of halogens is 6. The Bertz CT molecular complexity index is 854. The van der Waals surface area contributed by atoms with Gasteiger partial charge in [-0.1, -0.05) is 12.1 Å². The van der Waals surface area contributed by atoms with Gasteiger partial charge in [0.25, 0.3) is 0 Å². The zero-order valence-corrected chi connectivity index (χ0v) is 16.5. The molecule has 0 saturated carbocycles. The summed E-state index contributed by atoms with van der Waals surface area (Å²) in [4.78, 5) is 4.02. The minimum atomic E-state index is -4.39. The molecule has 30 heavy (non-hydrogen) atoms. The smallest absolute Gasteiger partial charge is 0.346 e. The van der Waals surface area contributed by atoms with E-state index in [2.05, 4.69) is 10.2 Å². The molecule has 0 atom stereocenters. The van der Waals surface area contributed by atoms with Crippen LogP contribution in [-0.4, -0.2) is 41.1 Å². The summed E-state index contributed by atoms with van der Waals surface area (Å²) in [5, 5.41) is 3.36. The molecule has 162 valence electrons. The zero-order valence-electron chi connectivity index (χ0n) is 15.7. The Morgan fingerprint density at radius 1 is 0.767 bits per heavy atom. The Morgan fingerprint density at radius 3 is 1.70 bits per heavy atom.